The summed E-state index contributed by atoms with van der Waals surface area (Å²) >= 11 is 5.90. The number of nitrogens with zero attached hydrogens (tertiary/aromatic N) is 1. The number of carbonyl (C=O) groups is 1. The lowest BCUT2D eigenvalue weighted by Crippen LogP contribution is -2.36. The van der Waals surface area contributed by atoms with E-state index in [9.17, 15) is 4.79 Å². The first-order valence-corrected chi connectivity index (χ1v) is 6.41. The first kappa shape index (κ1) is 12.4. The van der Waals surface area contributed by atoms with E-state index in [0.717, 1.165) is 25.7 Å². The fourth-order valence-corrected chi connectivity index (χ4v) is 2.76. The van der Waals surface area contributed by atoms with Crippen LogP contribution in [-0.4, -0.2) is 16.9 Å². The van der Waals surface area contributed by atoms with Crippen LogP contribution in [0.5, 0.6) is 0 Å². The second kappa shape index (κ2) is 5.50. The normalized spacial score (nSPS) is 24.4. The number of rotatable bonds is 2. The van der Waals surface area contributed by atoms with Crippen LogP contribution in [0.4, 0.5) is 0 Å². The predicted octanol–water partition coefficient (Wildman–Crippen LogP) is 2.90. The SMILES string of the molecule is CC(=O)NC1CCCC(c2ccnc(Cl)c2)C1. The van der Waals surface area contributed by atoms with Gasteiger partial charge in [-0.05, 0) is 42.9 Å². The molecule has 3 nitrogen and oxygen atoms in total. The van der Waals surface area contributed by atoms with Crippen molar-refractivity contribution in [3.8, 4) is 0 Å². The molecule has 1 heterocycles. The molecule has 4 heteroatoms. The molecular formula is C13H17ClN2O. The van der Waals surface area contributed by atoms with E-state index in [1.807, 2.05) is 12.1 Å². The van der Waals surface area contributed by atoms with Crippen molar-refractivity contribution in [1.82, 2.24) is 10.3 Å². The van der Waals surface area contributed by atoms with E-state index in [-0.39, 0.29) is 5.91 Å². The zero-order valence-corrected chi connectivity index (χ0v) is 10.7. The van der Waals surface area contributed by atoms with Crippen molar-refractivity contribution in [2.75, 3.05) is 0 Å². The van der Waals surface area contributed by atoms with Gasteiger partial charge in [-0.25, -0.2) is 4.98 Å². The van der Waals surface area contributed by atoms with Gasteiger partial charge in [-0.15, -0.1) is 0 Å². The van der Waals surface area contributed by atoms with Crippen molar-refractivity contribution < 1.29 is 4.79 Å². The molecule has 92 valence electrons. The number of amides is 1. The van der Waals surface area contributed by atoms with Crippen LogP contribution < -0.4 is 5.32 Å². The highest BCUT2D eigenvalue weighted by Crippen LogP contribution is 2.33. The fourth-order valence-electron chi connectivity index (χ4n) is 2.58. The quantitative estimate of drug-likeness (QED) is 0.823. The van der Waals surface area contributed by atoms with Crippen molar-refractivity contribution in [3.63, 3.8) is 0 Å². The highest BCUT2D eigenvalue weighted by atomic mass is 35.5. The zero-order valence-electron chi connectivity index (χ0n) is 9.95. The van der Waals surface area contributed by atoms with Gasteiger partial charge >= 0.3 is 0 Å². The summed E-state index contributed by atoms with van der Waals surface area (Å²) in [4.78, 5) is 15.1. The van der Waals surface area contributed by atoms with E-state index < -0.39 is 0 Å². The minimum atomic E-state index is 0.0587. The van der Waals surface area contributed by atoms with Gasteiger partial charge in [0.05, 0.1) is 0 Å². The molecule has 1 N–H and O–H groups in total. The van der Waals surface area contributed by atoms with Crippen molar-refractivity contribution in [1.29, 1.82) is 0 Å². The van der Waals surface area contributed by atoms with E-state index in [0.29, 0.717) is 17.1 Å². The summed E-state index contributed by atoms with van der Waals surface area (Å²) in [6.07, 6.45) is 6.14. The standard InChI is InChI=1S/C13H17ClN2O/c1-9(17)16-12-4-2-3-10(7-12)11-5-6-15-13(14)8-11/h5-6,8,10,12H,2-4,7H2,1H3,(H,16,17). The number of hydrogen-bond acceptors (Lipinski definition) is 2. The molecule has 1 fully saturated rings. The molecule has 1 amide bonds. The minimum absolute atomic E-state index is 0.0587. The average molecular weight is 253 g/mol. The summed E-state index contributed by atoms with van der Waals surface area (Å²) in [6.45, 7) is 1.58. The molecule has 1 aromatic rings. The highest BCUT2D eigenvalue weighted by molar-refractivity contribution is 6.29. The summed E-state index contributed by atoms with van der Waals surface area (Å²) in [5.74, 6) is 0.546. The van der Waals surface area contributed by atoms with Crippen LogP contribution in [0.2, 0.25) is 5.15 Å². The molecule has 2 atom stereocenters. The molecule has 0 radical (unpaired) electrons. The number of halogens is 1. The molecule has 1 aliphatic rings. The van der Waals surface area contributed by atoms with Gasteiger partial charge in [-0.3, -0.25) is 4.79 Å². The number of hydrogen-bond donors (Lipinski definition) is 1. The lowest BCUT2D eigenvalue weighted by molar-refractivity contribution is -0.119. The van der Waals surface area contributed by atoms with Gasteiger partial charge in [0.25, 0.3) is 0 Å². The Labute approximate surface area is 107 Å². The van der Waals surface area contributed by atoms with Crippen molar-refractivity contribution in [2.24, 2.45) is 0 Å². The van der Waals surface area contributed by atoms with E-state index in [1.165, 1.54) is 5.56 Å². The average Bonchev–Trinajstić information content (AvgIpc) is 2.28. The Morgan fingerprint density at radius 3 is 3.06 bits per heavy atom. The number of pyridine rings is 1. The van der Waals surface area contributed by atoms with Crippen LogP contribution >= 0.6 is 11.6 Å². The molecule has 2 rings (SSSR count). The van der Waals surface area contributed by atoms with Gasteiger partial charge in [0.15, 0.2) is 0 Å². The van der Waals surface area contributed by atoms with Crippen LogP contribution in [0.15, 0.2) is 18.3 Å². The Hall–Kier alpha value is -1.09. The number of nitrogens with one attached hydrogen (secondary N) is 1. The maximum absolute atomic E-state index is 11.1. The first-order valence-electron chi connectivity index (χ1n) is 6.03. The summed E-state index contributed by atoms with van der Waals surface area (Å²) in [6, 6.07) is 4.26. The number of aromatic nitrogens is 1. The molecule has 0 aromatic carbocycles. The molecule has 1 aliphatic carbocycles. The van der Waals surface area contributed by atoms with E-state index in [4.69, 9.17) is 11.6 Å². The van der Waals surface area contributed by atoms with Crippen LogP contribution in [0.25, 0.3) is 0 Å². The zero-order chi connectivity index (χ0) is 12.3. The van der Waals surface area contributed by atoms with Gasteiger partial charge in [0.2, 0.25) is 5.91 Å². The monoisotopic (exact) mass is 252 g/mol. The minimum Gasteiger partial charge on any atom is -0.354 e. The summed E-state index contributed by atoms with van der Waals surface area (Å²) in [7, 11) is 0. The fraction of sp³-hybridized carbons (Fsp3) is 0.538. The predicted molar refractivity (Wildman–Crippen MR) is 68.1 cm³/mol. The van der Waals surface area contributed by atoms with Gasteiger partial charge in [-0.1, -0.05) is 18.0 Å². The molecule has 0 spiro atoms. The molecule has 1 aromatic heterocycles. The van der Waals surface area contributed by atoms with Crippen LogP contribution in [0.3, 0.4) is 0 Å². The lowest BCUT2D eigenvalue weighted by atomic mass is 9.81. The Bertz CT molecular complexity index is 408. The van der Waals surface area contributed by atoms with Gasteiger partial charge < -0.3 is 5.32 Å². The van der Waals surface area contributed by atoms with Crippen LogP contribution in [0.1, 0.15) is 44.1 Å². The second-order valence-electron chi connectivity index (χ2n) is 4.67. The van der Waals surface area contributed by atoms with Crippen LogP contribution in [0, 0.1) is 0 Å². The van der Waals surface area contributed by atoms with Crippen LogP contribution in [-0.2, 0) is 4.79 Å². The topological polar surface area (TPSA) is 42.0 Å². The Morgan fingerprint density at radius 2 is 2.35 bits per heavy atom. The van der Waals surface area contributed by atoms with E-state index in [1.54, 1.807) is 13.1 Å². The molecule has 1 saturated carbocycles. The van der Waals surface area contributed by atoms with Gasteiger partial charge in [-0.2, -0.15) is 0 Å². The highest BCUT2D eigenvalue weighted by Gasteiger charge is 2.23. The Kier molecular flexibility index (Phi) is 4.00. The third-order valence-electron chi connectivity index (χ3n) is 3.30. The second-order valence-corrected chi connectivity index (χ2v) is 5.06. The largest absolute Gasteiger partial charge is 0.354 e. The number of carbonyl (C=O) groups excluding carboxylic acids is 1. The maximum Gasteiger partial charge on any atom is 0.217 e. The smallest absolute Gasteiger partial charge is 0.217 e. The third kappa shape index (κ3) is 3.43. The summed E-state index contributed by atoms with van der Waals surface area (Å²) in [5, 5.41) is 3.55. The maximum atomic E-state index is 11.1. The van der Waals surface area contributed by atoms with Gasteiger partial charge in [0, 0.05) is 19.2 Å². The van der Waals surface area contributed by atoms with Crippen molar-refractivity contribution in [2.45, 2.75) is 44.6 Å². The van der Waals surface area contributed by atoms with Gasteiger partial charge in [0.1, 0.15) is 5.15 Å². The Balaban J connectivity index is 2.04. The molecule has 2 unspecified atom stereocenters. The van der Waals surface area contributed by atoms with E-state index >= 15 is 0 Å². The molecule has 17 heavy (non-hydrogen) atoms. The molecule has 0 bridgehead atoms. The van der Waals surface area contributed by atoms with Crippen molar-refractivity contribution in [3.05, 3.63) is 29.0 Å². The molecular weight excluding hydrogens is 236 g/mol. The summed E-state index contributed by atoms with van der Waals surface area (Å²) < 4.78 is 0. The first-order chi connectivity index (χ1) is 8.15. The third-order valence-corrected chi connectivity index (χ3v) is 3.51. The summed E-state index contributed by atoms with van der Waals surface area (Å²) in [5.41, 5.74) is 1.24. The molecule has 0 saturated heterocycles. The lowest BCUT2D eigenvalue weighted by Gasteiger charge is -2.29. The molecule has 0 aliphatic heterocycles. The van der Waals surface area contributed by atoms with E-state index in [2.05, 4.69) is 10.3 Å². The van der Waals surface area contributed by atoms with Crippen molar-refractivity contribution >= 4 is 17.5 Å². The Morgan fingerprint density at radius 1 is 1.53 bits per heavy atom.